The number of nitrogens with one attached hydrogen (secondary N) is 1. The fourth-order valence-corrected chi connectivity index (χ4v) is 22.7. The molecule has 19 atom stereocenters. The largest absolute Gasteiger partial charge is 0.469 e. The van der Waals surface area contributed by atoms with E-state index in [4.69, 9.17) is 30.1 Å². The standard InChI is InChI=1S/C73H104N8O5/c1-44(12-14-46(3)82)57-23-25-59-55-21-17-49-40-51(28-32-70(49,7)61(55)30-34-72(57,59)9)80-42-63(75-77-80)47-15-19-53-54-20-16-48(39-66(54)79(65(53)38-47)37-36-74-68(84)86-69(4,5)6)64-43-81(78-76-64)52-29-33-71(8)50(41-52)18-22-56-60-26-24-58(45(2)13-27-67(83)85-11)73(60,10)35-31-62(56)71/h15-16,19-20,38-39,42-45,49-52,55-63H,12-14,17-18,21-37,40-41H2,1-11H3/p+1/t44-,45-,49-,50-,51-,52-,55+,56+,57?,58?,59+,60+,61?,62?,63?,70?,71?,72?,73?/m1/s1. The Kier molecular flexibility index (Phi) is 15.9. The molecular weight excluding hydrogens is 1070 g/mol. The number of ketones is 1. The Morgan fingerprint density at radius 1 is 0.709 bits per heavy atom. The summed E-state index contributed by atoms with van der Waals surface area (Å²) in [5.41, 5.74) is 6.23. The summed E-state index contributed by atoms with van der Waals surface area (Å²) in [6.45, 7) is 23.9. The summed E-state index contributed by atoms with van der Waals surface area (Å²) in [6.07, 6.45) is 30.7. The number of nitrogens with zero attached hydrogens (tertiary/aromatic N) is 7. The van der Waals surface area contributed by atoms with Gasteiger partial charge in [0.1, 0.15) is 34.6 Å². The molecule has 4 aromatic rings. The molecule has 9 unspecified atom stereocenters. The number of alkyl carbamates (subject to hydrolysis) is 1. The first-order valence-corrected chi connectivity index (χ1v) is 34.6. The molecule has 8 aliphatic carbocycles. The van der Waals surface area contributed by atoms with Crippen molar-refractivity contribution in [3.63, 3.8) is 0 Å². The van der Waals surface area contributed by atoms with Gasteiger partial charge in [-0.3, -0.25) is 4.79 Å². The Balaban J connectivity index is 0.697. The fraction of sp³-hybridized carbons (Fsp3) is 0.753. The van der Waals surface area contributed by atoms with Crippen LogP contribution in [0.4, 0.5) is 4.79 Å². The summed E-state index contributed by atoms with van der Waals surface area (Å²) in [5, 5.41) is 25.1. The summed E-state index contributed by atoms with van der Waals surface area (Å²) in [4.78, 5) is 37.1. The van der Waals surface area contributed by atoms with Gasteiger partial charge in [-0.25, -0.2) is 9.48 Å². The molecule has 2 aromatic heterocycles. The molecule has 3 heterocycles. The van der Waals surface area contributed by atoms with E-state index in [0.29, 0.717) is 88.6 Å². The maximum absolute atomic E-state index is 13.0. The molecule has 86 heavy (non-hydrogen) atoms. The van der Waals surface area contributed by atoms with E-state index < -0.39 is 11.7 Å². The molecule has 1 amide bonds. The summed E-state index contributed by atoms with van der Waals surface area (Å²) in [5.74, 6) is 9.21. The predicted molar refractivity (Wildman–Crippen MR) is 339 cm³/mol. The van der Waals surface area contributed by atoms with Crippen LogP contribution in [0.2, 0.25) is 0 Å². The minimum atomic E-state index is -0.589. The van der Waals surface area contributed by atoms with Crippen molar-refractivity contribution in [2.75, 3.05) is 13.7 Å². The first-order valence-electron chi connectivity index (χ1n) is 34.6. The van der Waals surface area contributed by atoms with Crippen molar-refractivity contribution in [2.24, 2.45) is 103 Å². The number of carbonyl (C=O) groups is 3. The molecule has 8 saturated carbocycles. The minimum absolute atomic E-state index is 0.0697. The van der Waals surface area contributed by atoms with E-state index in [1.54, 1.807) is 6.92 Å². The highest BCUT2D eigenvalue weighted by Gasteiger charge is 2.63. The zero-order valence-corrected chi connectivity index (χ0v) is 54.4. The predicted octanol–water partition coefficient (Wildman–Crippen LogP) is 16.9. The number of aromatic nitrogens is 4. The Morgan fingerprint density at radius 2 is 1.30 bits per heavy atom. The number of amides is 1. The quantitative estimate of drug-likeness (QED) is 0.0921. The maximum Gasteiger partial charge on any atom is 0.407 e. The number of carbonyl (C=O) groups excluding carboxylic acids is 3. The summed E-state index contributed by atoms with van der Waals surface area (Å²) < 4.78 is 17.5. The molecule has 13 heteroatoms. The van der Waals surface area contributed by atoms with Crippen molar-refractivity contribution >= 4 is 45.9 Å². The van der Waals surface area contributed by atoms with E-state index in [1.807, 2.05) is 20.8 Å². The molecule has 9 aliphatic rings. The average Bonchev–Trinajstić information content (AvgIpc) is 1.26. The second kappa shape index (κ2) is 22.8. The number of Topliss-reactive ketones (excluding diaryl/α,β-unsaturated/α-hetero) is 1. The van der Waals surface area contributed by atoms with Crippen molar-refractivity contribution in [1.29, 1.82) is 0 Å². The highest BCUT2D eigenvalue weighted by atomic mass is 16.6. The van der Waals surface area contributed by atoms with Crippen LogP contribution in [0.25, 0.3) is 33.1 Å². The van der Waals surface area contributed by atoms with Crippen LogP contribution in [0.5, 0.6) is 0 Å². The molecule has 466 valence electrons. The lowest BCUT2D eigenvalue weighted by Gasteiger charge is -2.61. The molecule has 0 saturated heterocycles. The van der Waals surface area contributed by atoms with Gasteiger partial charge in [0.05, 0.1) is 19.3 Å². The van der Waals surface area contributed by atoms with E-state index in [-0.39, 0.29) is 12.0 Å². The molecule has 2 aromatic carbocycles. The van der Waals surface area contributed by atoms with Gasteiger partial charge < -0.3 is 24.2 Å². The van der Waals surface area contributed by atoms with Crippen molar-refractivity contribution in [1.82, 2.24) is 24.9 Å². The average molecular weight is 1170 g/mol. The zero-order valence-electron chi connectivity index (χ0n) is 54.4. The van der Waals surface area contributed by atoms with Gasteiger partial charge in [0.25, 0.3) is 0 Å². The summed E-state index contributed by atoms with van der Waals surface area (Å²) >= 11 is 0. The Hall–Kier alpha value is -4.94. The van der Waals surface area contributed by atoms with Crippen LogP contribution in [0.3, 0.4) is 0 Å². The molecular formula is C73H105N8O5+. The van der Waals surface area contributed by atoms with Crippen LogP contribution in [0.1, 0.15) is 228 Å². The first kappa shape index (κ1) is 60.0. The van der Waals surface area contributed by atoms with Crippen LogP contribution in [0.15, 0.2) is 52.9 Å². The minimum Gasteiger partial charge on any atom is -0.469 e. The van der Waals surface area contributed by atoms with Gasteiger partial charge in [0.15, 0.2) is 0 Å². The van der Waals surface area contributed by atoms with Gasteiger partial charge >= 0.3 is 12.1 Å². The molecule has 0 radical (unpaired) electrons. The van der Waals surface area contributed by atoms with E-state index in [2.05, 4.69) is 110 Å². The number of hydrogen-bond acceptors (Lipinski definition) is 9. The third-order valence-corrected chi connectivity index (χ3v) is 27.1. The first-order chi connectivity index (χ1) is 41.1. The van der Waals surface area contributed by atoms with Crippen molar-refractivity contribution in [3.05, 3.63) is 48.2 Å². The van der Waals surface area contributed by atoms with E-state index in [1.165, 1.54) is 121 Å². The molecule has 1 aliphatic heterocycles. The lowest BCUT2D eigenvalue weighted by Crippen LogP contribution is -2.54. The second-order valence-electron chi connectivity index (χ2n) is 32.3. The Bertz CT molecular complexity index is 3280. The number of esters is 1. The topological polar surface area (TPSA) is 145 Å². The molecule has 0 bridgehead atoms. The van der Waals surface area contributed by atoms with Gasteiger partial charge in [-0.1, -0.05) is 71.0 Å². The SMILES string of the molecule is COC(=O)CC[C@@H](C)C1CC[C@H]2[C@@H]3CC[C@@H]4C[C@H](n5cc(-c6ccc7c8ccc(C9C=[N+]([C@@H]%10CCC%11(C)C%12CCC%13(C)C([C@H](C)CCC(C)=O)CC[C@H]%13[C@@H]%12CC[C@@H]%11C%10)N=N9)cc8n(CCNC(=O)OC(C)(C)C)c7c6)nn5)CCC4(C)C3CCC12C. The van der Waals surface area contributed by atoms with Crippen LogP contribution in [-0.4, -0.2) is 73.6 Å². The number of ether oxygens (including phenoxy) is 2. The molecule has 13 rings (SSSR count). The van der Waals surface area contributed by atoms with E-state index in [9.17, 15) is 14.4 Å². The third kappa shape index (κ3) is 10.5. The smallest absolute Gasteiger partial charge is 0.407 e. The van der Waals surface area contributed by atoms with Gasteiger partial charge in [-0.05, 0) is 261 Å². The third-order valence-electron chi connectivity index (χ3n) is 27.1. The maximum atomic E-state index is 13.0. The number of hydrogen-bond donors (Lipinski definition) is 1. The van der Waals surface area contributed by atoms with E-state index in [0.717, 1.165) is 101 Å². The van der Waals surface area contributed by atoms with Gasteiger partial charge in [0, 0.05) is 64.0 Å². The Morgan fingerprint density at radius 3 is 1.94 bits per heavy atom. The summed E-state index contributed by atoms with van der Waals surface area (Å²) in [7, 11) is 1.52. The van der Waals surface area contributed by atoms with E-state index >= 15 is 0 Å². The molecule has 1 N–H and O–H groups in total. The van der Waals surface area contributed by atoms with Crippen LogP contribution >= 0.6 is 0 Å². The van der Waals surface area contributed by atoms with Crippen LogP contribution in [0, 0.1) is 92.7 Å². The van der Waals surface area contributed by atoms with Crippen molar-refractivity contribution < 1.29 is 28.5 Å². The second-order valence-corrected chi connectivity index (χ2v) is 32.3. The van der Waals surface area contributed by atoms with Crippen LogP contribution in [-0.2, 0) is 25.6 Å². The highest BCUT2D eigenvalue weighted by molar-refractivity contribution is 6.09. The normalized spacial score (nSPS) is 38.0. The number of methoxy groups -OCH3 is 1. The van der Waals surface area contributed by atoms with Crippen molar-refractivity contribution in [3.8, 4) is 11.3 Å². The number of benzene rings is 2. The molecule has 0 spiro atoms. The molecule has 13 nitrogen and oxygen atoms in total. The fourth-order valence-electron chi connectivity index (χ4n) is 22.7. The lowest BCUT2D eigenvalue weighted by molar-refractivity contribution is -0.577. The van der Waals surface area contributed by atoms with Gasteiger partial charge in [-0.2, -0.15) is 0 Å². The number of rotatable bonds is 15. The van der Waals surface area contributed by atoms with Crippen molar-refractivity contribution in [2.45, 2.75) is 241 Å². The summed E-state index contributed by atoms with van der Waals surface area (Å²) in [6, 6.07) is 14.1. The monoisotopic (exact) mass is 1170 g/mol. The lowest BCUT2D eigenvalue weighted by atomic mass is 9.44. The number of fused-ring (bicyclic) bond motifs is 13. The zero-order chi connectivity index (χ0) is 60.2. The highest BCUT2D eigenvalue weighted by Crippen LogP contribution is 2.71. The Labute approximate surface area is 513 Å². The molecule has 8 fully saturated rings. The van der Waals surface area contributed by atoms with Gasteiger partial charge in [0.2, 0.25) is 6.04 Å². The van der Waals surface area contributed by atoms with Crippen LogP contribution < -0.4 is 5.32 Å². The van der Waals surface area contributed by atoms with Gasteiger partial charge in [-0.15, -0.1) is 9.78 Å².